The van der Waals surface area contributed by atoms with E-state index in [9.17, 15) is 9.59 Å². The smallest absolute Gasteiger partial charge is 0.303 e. The summed E-state index contributed by atoms with van der Waals surface area (Å²) in [7, 11) is 0. The van der Waals surface area contributed by atoms with Crippen molar-refractivity contribution in [2.45, 2.75) is 49.0 Å². The molecule has 2 saturated heterocycles. The van der Waals surface area contributed by atoms with Crippen LogP contribution in [0.15, 0.2) is 12.2 Å². The Bertz CT molecular complexity index is 340. The number of carboxylic acids is 1. The maximum Gasteiger partial charge on any atom is 0.303 e. The number of hydrogen-bond acceptors (Lipinski definition) is 3. The number of aliphatic carboxylic acids is 1. The van der Waals surface area contributed by atoms with E-state index in [4.69, 9.17) is 5.11 Å². The Kier molecular flexibility index (Phi) is 4.87. The zero-order chi connectivity index (χ0) is 13.0. The molecule has 2 aliphatic heterocycles. The second-order valence-electron chi connectivity index (χ2n) is 5.16. The van der Waals surface area contributed by atoms with Crippen LogP contribution < -0.4 is 0 Å². The lowest BCUT2D eigenvalue weighted by Crippen LogP contribution is -2.27. The van der Waals surface area contributed by atoms with E-state index in [1.807, 2.05) is 11.8 Å². The maximum atomic E-state index is 11.1. The molecule has 0 aromatic heterocycles. The van der Waals surface area contributed by atoms with Crippen LogP contribution >= 0.6 is 11.8 Å². The van der Waals surface area contributed by atoms with Gasteiger partial charge in [-0.2, -0.15) is 11.8 Å². The minimum absolute atomic E-state index is 0.241. The number of thioether (sulfide) groups is 1. The van der Waals surface area contributed by atoms with Crippen molar-refractivity contribution < 1.29 is 14.7 Å². The first-order valence-electron chi connectivity index (χ1n) is 6.70. The fourth-order valence-electron chi connectivity index (χ4n) is 3.05. The largest absolute Gasteiger partial charge is 0.481 e. The van der Waals surface area contributed by atoms with Crippen LogP contribution in [0, 0.1) is 11.8 Å². The number of hydrogen-bond donors (Lipinski definition) is 1. The highest BCUT2D eigenvalue weighted by Gasteiger charge is 2.47. The Balaban J connectivity index is 1.71. The van der Waals surface area contributed by atoms with Gasteiger partial charge in [0.15, 0.2) is 0 Å². The highest BCUT2D eigenvalue weighted by atomic mass is 32.2. The van der Waals surface area contributed by atoms with Crippen molar-refractivity contribution in [3.63, 3.8) is 0 Å². The lowest BCUT2D eigenvalue weighted by atomic mass is 9.78. The zero-order valence-electron chi connectivity index (χ0n) is 10.5. The molecule has 0 aromatic rings. The van der Waals surface area contributed by atoms with Gasteiger partial charge < -0.3 is 9.90 Å². The van der Waals surface area contributed by atoms with Gasteiger partial charge in [-0.1, -0.05) is 12.2 Å². The Morgan fingerprint density at radius 2 is 2.06 bits per heavy atom. The van der Waals surface area contributed by atoms with Gasteiger partial charge in [0.1, 0.15) is 6.29 Å². The SMILES string of the molecule is O=C[C@H]1[C@H](CC=CCCCC(=O)O)[C@@H]2CC[C@H]1S2. The molecule has 0 aromatic carbocycles. The number of unbranched alkanes of at least 4 members (excludes halogenated alkanes) is 1. The molecule has 0 saturated carbocycles. The summed E-state index contributed by atoms with van der Waals surface area (Å²) < 4.78 is 0. The third-order valence-electron chi connectivity index (χ3n) is 3.98. The summed E-state index contributed by atoms with van der Waals surface area (Å²) in [4.78, 5) is 21.5. The molecule has 3 nitrogen and oxygen atoms in total. The average Bonchev–Trinajstić information content (AvgIpc) is 2.93. The molecular formula is C14H20O3S. The summed E-state index contributed by atoms with van der Waals surface area (Å²) in [6, 6.07) is 0. The van der Waals surface area contributed by atoms with Crippen molar-refractivity contribution in [1.82, 2.24) is 0 Å². The lowest BCUT2D eigenvalue weighted by Gasteiger charge is -2.24. The van der Waals surface area contributed by atoms with Crippen molar-refractivity contribution in [2.75, 3.05) is 0 Å². The number of aldehydes is 1. The molecule has 0 amide bonds. The fourth-order valence-corrected chi connectivity index (χ4v) is 4.99. The van der Waals surface area contributed by atoms with Gasteiger partial charge >= 0.3 is 5.97 Å². The highest BCUT2D eigenvalue weighted by Crippen LogP contribution is 2.53. The number of rotatable bonds is 7. The van der Waals surface area contributed by atoms with Crippen molar-refractivity contribution in [3.05, 3.63) is 12.2 Å². The molecule has 2 fully saturated rings. The molecule has 0 unspecified atom stereocenters. The van der Waals surface area contributed by atoms with Crippen LogP contribution in [0.5, 0.6) is 0 Å². The number of carbonyl (C=O) groups excluding carboxylic acids is 1. The number of allylic oxidation sites excluding steroid dienone is 2. The monoisotopic (exact) mass is 268 g/mol. The maximum absolute atomic E-state index is 11.1. The van der Waals surface area contributed by atoms with Gasteiger partial charge in [-0.3, -0.25) is 4.79 Å². The van der Waals surface area contributed by atoms with E-state index in [-0.39, 0.29) is 12.3 Å². The molecule has 18 heavy (non-hydrogen) atoms. The predicted molar refractivity (Wildman–Crippen MR) is 72.7 cm³/mol. The molecule has 2 bridgehead atoms. The summed E-state index contributed by atoms with van der Waals surface area (Å²) in [5.41, 5.74) is 0. The quantitative estimate of drug-likeness (QED) is 0.438. The minimum atomic E-state index is -0.728. The number of carboxylic acid groups (broad SMARTS) is 1. The summed E-state index contributed by atoms with van der Waals surface area (Å²) in [6.07, 6.45) is 10.6. The molecular weight excluding hydrogens is 248 g/mol. The van der Waals surface area contributed by atoms with Gasteiger partial charge in [0, 0.05) is 22.8 Å². The van der Waals surface area contributed by atoms with Crippen LogP contribution in [0.1, 0.15) is 38.5 Å². The first kappa shape index (κ1) is 13.7. The third-order valence-corrected chi connectivity index (χ3v) is 5.81. The molecule has 2 aliphatic rings. The van der Waals surface area contributed by atoms with Crippen molar-refractivity contribution in [3.8, 4) is 0 Å². The summed E-state index contributed by atoms with van der Waals surface area (Å²) in [6.45, 7) is 0. The van der Waals surface area contributed by atoms with Gasteiger partial charge in [0.25, 0.3) is 0 Å². The minimum Gasteiger partial charge on any atom is -0.481 e. The van der Waals surface area contributed by atoms with Crippen LogP contribution in [-0.4, -0.2) is 27.9 Å². The highest BCUT2D eigenvalue weighted by molar-refractivity contribution is 8.01. The van der Waals surface area contributed by atoms with Gasteiger partial charge in [0.05, 0.1) is 0 Å². The molecule has 0 radical (unpaired) electrons. The van der Waals surface area contributed by atoms with Crippen molar-refractivity contribution in [1.29, 1.82) is 0 Å². The first-order valence-corrected chi connectivity index (χ1v) is 7.64. The molecule has 0 aliphatic carbocycles. The normalized spacial score (nSPS) is 34.2. The van der Waals surface area contributed by atoms with Crippen LogP contribution in [0.2, 0.25) is 0 Å². The Morgan fingerprint density at radius 1 is 1.28 bits per heavy atom. The number of fused-ring (bicyclic) bond motifs is 2. The van der Waals surface area contributed by atoms with E-state index in [0.29, 0.717) is 22.8 Å². The zero-order valence-corrected chi connectivity index (χ0v) is 11.3. The predicted octanol–water partition coefficient (Wildman–Crippen LogP) is 2.90. The van der Waals surface area contributed by atoms with Gasteiger partial charge in [0.2, 0.25) is 0 Å². The number of carbonyl (C=O) groups is 2. The van der Waals surface area contributed by atoms with Crippen molar-refractivity contribution in [2.24, 2.45) is 11.8 Å². The van der Waals surface area contributed by atoms with E-state index in [1.54, 1.807) is 0 Å². The topological polar surface area (TPSA) is 54.4 Å². The Morgan fingerprint density at radius 3 is 2.78 bits per heavy atom. The van der Waals surface area contributed by atoms with E-state index >= 15 is 0 Å². The second kappa shape index (κ2) is 6.41. The van der Waals surface area contributed by atoms with Crippen LogP contribution in [0.4, 0.5) is 0 Å². The van der Waals surface area contributed by atoms with Crippen LogP contribution in [-0.2, 0) is 9.59 Å². The van der Waals surface area contributed by atoms with Crippen LogP contribution in [0.25, 0.3) is 0 Å². The third kappa shape index (κ3) is 3.16. The lowest BCUT2D eigenvalue weighted by molar-refractivity contribution is -0.137. The van der Waals surface area contributed by atoms with Crippen molar-refractivity contribution >= 4 is 24.0 Å². The first-order chi connectivity index (χ1) is 8.72. The fraction of sp³-hybridized carbons (Fsp3) is 0.714. The Hall–Kier alpha value is -0.770. The van der Waals surface area contributed by atoms with Gasteiger partial charge in [-0.05, 0) is 38.0 Å². The summed E-state index contributed by atoms with van der Waals surface area (Å²) in [5.74, 6) is 0.0355. The molecule has 100 valence electrons. The molecule has 2 heterocycles. The van der Waals surface area contributed by atoms with E-state index in [2.05, 4.69) is 12.2 Å². The summed E-state index contributed by atoms with van der Waals surface area (Å²) in [5, 5.41) is 9.76. The average molecular weight is 268 g/mol. The molecule has 4 heteroatoms. The molecule has 4 atom stereocenters. The van der Waals surface area contributed by atoms with E-state index < -0.39 is 5.97 Å². The molecule has 1 N–H and O–H groups in total. The van der Waals surface area contributed by atoms with Crippen LogP contribution in [0.3, 0.4) is 0 Å². The van der Waals surface area contributed by atoms with Gasteiger partial charge in [-0.15, -0.1) is 0 Å². The molecule has 0 spiro atoms. The van der Waals surface area contributed by atoms with Gasteiger partial charge in [-0.25, -0.2) is 0 Å². The second-order valence-corrected chi connectivity index (χ2v) is 6.64. The summed E-state index contributed by atoms with van der Waals surface area (Å²) >= 11 is 2.00. The van der Waals surface area contributed by atoms with E-state index in [1.165, 1.54) is 12.8 Å². The molecule has 2 rings (SSSR count). The van der Waals surface area contributed by atoms with E-state index in [0.717, 1.165) is 19.1 Å². The Labute approximate surface area is 112 Å². The standard InChI is InChI=1S/C14H20O3S/c15-9-11-10(12-7-8-13(11)18-12)5-3-1-2-4-6-14(16)17/h1,3,9-13H,2,4-8H2,(H,16,17)/t10-,11-,12-,13+/m0/s1.